The molecule has 1 rings (SSSR count). The van der Waals surface area contributed by atoms with E-state index < -0.39 is 0 Å². The molecular weight excluding hydrogens is 243 g/mol. The SMILES string of the molecule is N#Cc1ccccc1Br.[Zn]. The van der Waals surface area contributed by atoms with Gasteiger partial charge in [0.05, 0.1) is 5.56 Å². The standard InChI is InChI=1S/C7H4BrN.Zn/c8-7-4-2-1-3-6(7)5-9;/h1-4H;. The molecule has 0 heterocycles. The van der Waals surface area contributed by atoms with Crippen molar-refractivity contribution >= 4 is 15.9 Å². The quantitative estimate of drug-likeness (QED) is 0.646. The van der Waals surface area contributed by atoms with Crippen LogP contribution in [0.4, 0.5) is 0 Å². The summed E-state index contributed by atoms with van der Waals surface area (Å²) in [6.07, 6.45) is 0. The molecule has 1 aromatic carbocycles. The third-order valence-electron chi connectivity index (χ3n) is 0.994. The van der Waals surface area contributed by atoms with E-state index in [4.69, 9.17) is 5.26 Å². The van der Waals surface area contributed by atoms with Crippen molar-refractivity contribution in [1.29, 1.82) is 5.26 Å². The molecule has 1 nitrogen and oxygen atoms in total. The monoisotopic (exact) mass is 245 g/mol. The Labute approximate surface area is 80.9 Å². The second-order valence-corrected chi connectivity index (χ2v) is 2.45. The number of nitriles is 1. The molecular formula is C7H4BrNZn. The van der Waals surface area contributed by atoms with Gasteiger partial charge in [0, 0.05) is 24.0 Å². The van der Waals surface area contributed by atoms with Gasteiger partial charge in [0.1, 0.15) is 6.07 Å². The molecule has 10 heavy (non-hydrogen) atoms. The molecule has 0 spiro atoms. The molecule has 46 valence electrons. The zero-order valence-corrected chi connectivity index (χ0v) is 9.89. The van der Waals surface area contributed by atoms with E-state index in [0.717, 1.165) is 4.47 Å². The smallest absolute Gasteiger partial charge is 0.100 e. The van der Waals surface area contributed by atoms with E-state index in [1.165, 1.54) is 0 Å². The second-order valence-electron chi connectivity index (χ2n) is 1.59. The molecule has 0 bridgehead atoms. The Kier molecular flexibility index (Phi) is 4.52. The average Bonchev–Trinajstić information content (AvgIpc) is 1.89. The maximum Gasteiger partial charge on any atom is 0.100 e. The molecule has 0 N–H and O–H groups in total. The number of nitrogens with zero attached hydrogens (tertiary/aromatic N) is 1. The van der Waals surface area contributed by atoms with Crippen molar-refractivity contribution in [3.63, 3.8) is 0 Å². The van der Waals surface area contributed by atoms with Crippen LogP contribution in [0.15, 0.2) is 28.7 Å². The summed E-state index contributed by atoms with van der Waals surface area (Å²) in [5, 5.41) is 8.44. The number of hydrogen-bond acceptors (Lipinski definition) is 1. The Morgan fingerprint density at radius 3 is 2.30 bits per heavy atom. The van der Waals surface area contributed by atoms with Crippen LogP contribution >= 0.6 is 15.9 Å². The molecule has 0 aliphatic heterocycles. The predicted octanol–water partition coefficient (Wildman–Crippen LogP) is 2.32. The van der Waals surface area contributed by atoms with E-state index in [9.17, 15) is 0 Å². The van der Waals surface area contributed by atoms with Crippen LogP contribution in [-0.2, 0) is 19.5 Å². The third-order valence-corrected chi connectivity index (χ3v) is 1.69. The molecule has 0 atom stereocenters. The van der Waals surface area contributed by atoms with E-state index in [0.29, 0.717) is 5.56 Å². The minimum atomic E-state index is 0. The molecule has 0 unspecified atom stereocenters. The van der Waals surface area contributed by atoms with Crippen molar-refractivity contribution in [2.24, 2.45) is 0 Å². The number of benzene rings is 1. The maximum atomic E-state index is 8.44. The molecule has 0 saturated carbocycles. The number of halogens is 1. The molecule has 0 aromatic heterocycles. The summed E-state index contributed by atoms with van der Waals surface area (Å²) >= 11 is 3.23. The van der Waals surface area contributed by atoms with Crippen molar-refractivity contribution < 1.29 is 19.5 Å². The van der Waals surface area contributed by atoms with Crippen molar-refractivity contribution in [3.05, 3.63) is 34.3 Å². The first-order chi connectivity index (χ1) is 4.34. The van der Waals surface area contributed by atoms with Gasteiger partial charge in [-0.05, 0) is 28.1 Å². The summed E-state index contributed by atoms with van der Waals surface area (Å²) in [5.41, 5.74) is 0.678. The Morgan fingerprint density at radius 1 is 1.30 bits per heavy atom. The normalized spacial score (nSPS) is 7.60. The van der Waals surface area contributed by atoms with Gasteiger partial charge >= 0.3 is 0 Å². The second kappa shape index (κ2) is 4.60. The summed E-state index contributed by atoms with van der Waals surface area (Å²) in [6, 6.07) is 9.38. The van der Waals surface area contributed by atoms with Crippen LogP contribution in [0.2, 0.25) is 0 Å². The van der Waals surface area contributed by atoms with Crippen LogP contribution in [0.3, 0.4) is 0 Å². The van der Waals surface area contributed by atoms with Crippen LogP contribution in [0.25, 0.3) is 0 Å². The van der Waals surface area contributed by atoms with Gasteiger partial charge in [-0.1, -0.05) is 12.1 Å². The fourth-order valence-electron chi connectivity index (χ4n) is 0.552. The van der Waals surface area contributed by atoms with Crippen molar-refractivity contribution in [1.82, 2.24) is 0 Å². The van der Waals surface area contributed by atoms with E-state index in [-0.39, 0.29) is 19.5 Å². The molecule has 0 saturated heterocycles. The fourth-order valence-corrected chi connectivity index (χ4v) is 0.925. The first kappa shape index (κ1) is 9.81. The topological polar surface area (TPSA) is 23.8 Å². The van der Waals surface area contributed by atoms with Gasteiger partial charge in [0.15, 0.2) is 0 Å². The molecule has 0 aliphatic rings. The Bertz CT molecular complexity index is 254. The van der Waals surface area contributed by atoms with Gasteiger partial charge in [0.25, 0.3) is 0 Å². The van der Waals surface area contributed by atoms with Crippen LogP contribution in [0, 0.1) is 11.3 Å². The first-order valence-corrected chi connectivity index (χ1v) is 3.28. The summed E-state index contributed by atoms with van der Waals surface area (Å²) in [6.45, 7) is 0. The van der Waals surface area contributed by atoms with Gasteiger partial charge in [-0.15, -0.1) is 0 Å². The Hall–Kier alpha value is -0.187. The van der Waals surface area contributed by atoms with Gasteiger partial charge in [0.2, 0.25) is 0 Å². The van der Waals surface area contributed by atoms with Crippen LogP contribution < -0.4 is 0 Å². The maximum absolute atomic E-state index is 8.44. The molecule has 0 amide bonds. The summed E-state index contributed by atoms with van der Waals surface area (Å²) in [4.78, 5) is 0. The van der Waals surface area contributed by atoms with Gasteiger partial charge in [-0.2, -0.15) is 5.26 Å². The predicted molar refractivity (Wildman–Crippen MR) is 38.9 cm³/mol. The zero-order chi connectivity index (χ0) is 6.69. The third kappa shape index (κ3) is 2.21. The number of hydrogen-bond donors (Lipinski definition) is 0. The van der Waals surface area contributed by atoms with Gasteiger partial charge in [-0.3, -0.25) is 0 Å². The molecule has 0 fully saturated rings. The van der Waals surface area contributed by atoms with E-state index in [1.54, 1.807) is 6.07 Å². The van der Waals surface area contributed by atoms with E-state index >= 15 is 0 Å². The summed E-state index contributed by atoms with van der Waals surface area (Å²) in [7, 11) is 0. The van der Waals surface area contributed by atoms with Crippen LogP contribution in [0.5, 0.6) is 0 Å². The fraction of sp³-hybridized carbons (Fsp3) is 0. The first-order valence-electron chi connectivity index (χ1n) is 2.49. The minimum absolute atomic E-state index is 0. The van der Waals surface area contributed by atoms with E-state index in [1.807, 2.05) is 24.3 Å². The summed E-state index contributed by atoms with van der Waals surface area (Å²) < 4.78 is 0.854. The van der Waals surface area contributed by atoms with Crippen molar-refractivity contribution in [2.75, 3.05) is 0 Å². The molecule has 0 radical (unpaired) electrons. The van der Waals surface area contributed by atoms with Crippen LogP contribution in [-0.4, -0.2) is 0 Å². The Balaban J connectivity index is 0.000000810. The van der Waals surface area contributed by atoms with Gasteiger partial charge in [-0.25, -0.2) is 0 Å². The molecule has 1 aromatic rings. The molecule has 0 aliphatic carbocycles. The minimum Gasteiger partial charge on any atom is -0.192 e. The van der Waals surface area contributed by atoms with Crippen molar-refractivity contribution in [3.8, 4) is 6.07 Å². The van der Waals surface area contributed by atoms with Crippen LogP contribution in [0.1, 0.15) is 5.56 Å². The zero-order valence-electron chi connectivity index (χ0n) is 5.34. The summed E-state index contributed by atoms with van der Waals surface area (Å²) in [5.74, 6) is 0. The number of rotatable bonds is 0. The van der Waals surface area contributed by atoms with Crippen molar-refractivity contribution in [2.45, 2.75) is 0 Å². The van der Waals surface area contributed by atoms with E-state index in [2.05, 4.69) is 15.9 Å². The van der Waals surface area contributed by atoms with Gasteiger partial charge < -0.3 is 0 Å². The largest absolute Gasteiger partial charge is 0.192 e. The molecule has 3 heteroatoms. The average molecular weight is 247 g/mol. The Morgan fingerprint density at radius 2 is 1.90 bits per heavy atom.